The molecule has 1 aliphatic heterocycles. The summed E-state index contributed by atoms with van der Waals surface area (Å²) in [5.74, 6) is -1.28. The van der Waals surface area contributed by atoms with E-state index in [2.05, 4.69) is 10.1 Å². The molecule has 1 saturated heterocycles. The van der Waals surface area contributed by atoms with E-state index in [1.807, 2.05) is 0 Å². The first kappa shape index (κ1) is 23.2. The summed E-state index contributed by atoms with van der Waals surface area (Å²) in [6.45, 7) is -0.168. The molecule has 1 fully saturated rings. The van der Waals surface area contributed by atoms with Crippen LogP contribution in [0.4, 0.5) is 32.4 Å². The average Bonchev–Trinajstić information content (AvgIpc) is 2.70. The average molecular weight is 465 g/mol. The molecule has 0 radical (unpaired) electrons. The number of hydrogen-bond acceptors (Lipinski definition) is 4. The van der Waals surface area contributed by atoms with Crippen LogP contribution in [0.15, 0.2) is 42.5 Å². The van der Waals surface area contributed by atoms with E-state index in [4.69, 9.17) is 16.3 Å². The Hall–Kier alpha value is -2.43. The van der Waals surface area contributed by atoms with Crippen LogP contribution in [0, 0.1) is 11.6 Å². The number of alkyl halides is 3. The molecule has 31 heavy (non-hydrogen) atoms. The van der Waals surface area contributed by atoms with Crippen LogP contribution < -0.4 is 5.32 Å². The Bertz CT molecular complexity index is 911. The van der Waals surface area contributed by atoms with Crippen LogP contribution in [0.25, 0.3) is 0 Å². The number of amides is 1. The summed E-state index contributed by atoms with van der Waals surface area (Å²) in [5.41, 5.74) is 0.522. The molecule has 1 amide bonds. The Morgan fingerprint density at radius 2 is 1.94 bits per heavy atom. The van der Waals surface area contributed by atoms with Gasteiger partial charge in [0.25, 0.3) is 0 Å². The van der Waals surface area contributed by atoms with Crippen molar-refractivity contribution in [1.29, 1.82) is 0 Å². The maximum atomic E-state index is 13.5. The second-order valence-electron chi connectivity index (χ2n) is 6.86. The molecule has 2 aromatic carbocycles. The molecular weight excluding hydrogens is 447 g/mol. The lowest BCUT2D eigenvalue weighted by Gasteiger charge is -2.35. The van der Waals surface area contributed by atoms with Crippen LogP contribution in [-0.4, -0.2) is 49.5 Å². The highest BCUT2D eigenvalue weighted by atomic mass is 35.5. The van der Waals surface area contributed by atoms with Gasteiger partial charge in [-0.1, -0.05) is 23.7 Å². The molecule has 0 spiro atoms. The van der Waals surface area contributed by atoms with Gasteiger partial charge in [0.2, 0.25) is 6.10 Å². The highest BCUT2D eigenvalue weighted by Gasteiger charge is 2.44. The van der Waals surface area contributed by atoms with Crippen LogP contribution >= 0.6 is 11.6 Å². The third-order valence-corrected chi connectivity index (χ3v) is 4.90. The van der Waals surface area contributed by atoms with Gasteiger partial charge in [-0.3, -0.25) is 10.2 Å². The van der Waals surface area contributed by atoms with E-state index in [0.717, 1.165) is 12.1 Å². The fourth-order valence-corrected chi connectivity index (χ4v) is 3.16. The van der Waals surface area contributed by atoms with Crippen molar-refractivity contribution in [2.24, 2.45) is 0 Å². The van der Waals surface area contributed by atoms with E-state index in [1.54, 1.807) is 0 Å². The number of rotatable bonds is 5. The van der Waals surface area contributed by atoms with Crippen LogP contribution in [0.5, 0.6) is 0 Å². The third-order valence-electron chi connectivity index (χ3n) is 4.60. The number of nitrogens with one attached hydrogen (secondary N) is 1. The van der Waals surface area contributed by atoms with Crippen LogP contribution in [-0.2, 0) is 9.47 Å². The van der Waals surface area contributed by atoms with Gasteiger partial charge in [-0.15, -0.1) is 0 Å². The van der Waals surface area contributed by atoms with Crippen molar-refractivity contribution in [3.63, 3.8) is 0 Å². The topological polar surface area (TPSA) is 50.8 Å². The maximum Gasteiger partial charge on any atom is 0.426 e. The summed E-state index contributed by atoms with van der Waals surface area (Å²) >= 11 is 5.53. The third kappa shape index (κ3) is 6.52. The minimum atomic E-state index is -4.83. The van der Waals surface area contributed by atoms with Gasteiger partial charge in [-0.25, -0.2) is 13.6 Å². The molecule has 168 valence electrons. The van der Waals surface area contributed by atoms with Crippen molar-refractivity contribution in [3.8, 4) is 0 Å². The molecule has 0 aromatic heterocycles. The van der Waals surface area contributed by atoms with Crippen molar-refractivity contribution in [2.75, 3.05) is 31.6 Å². The maximum absolute atomic E-state index is 13.5. The summed E-state index contributed by atoms with van der Waals surface area (Å²) in [7, 11) is 0. The minimum absolute atomic E-state index is 0.101. The molecule has 3 rings (SSSR count). The molecule has 1 N–H and O–H groups in total. The first-order chi connectivity index (χ1) is 14.6. The van der Waals surface area contributed by atoms with Gasteiger partial charge in [-0.2, -0.15) is 13.2 Å². The van der Waals surface area contributed by atoms with Crippen LogP contribution in [0.2, 0.25) is 5.02 Å². The van der Waals surface area contributed by atoms with Gasteiger partial charge in [-0.05, 0) is 35.9 Å². The molecule has 2 aromatic rings. The lowest BCUT2D eigenvalue weighted by atomic mass is 10.1. The van der Waals surface area contributed by atoms with Gasteiger partial charge in [0.1, 0.15) is 11.6 Å². The summed E-state index contributed by atoms with van der Waals surface area (Å²) in [6, 6.07) is 8.72. The highest BCUT2D eigenvalue weighted by Crippen LogP contribution is 2.28. The second kappa shape index (κ2) is 9.80. The molecular formula is C20H18ClF5N2O3. The number of anilines is 1. The Morgan fingerprint density at radius 3 is 2.58 bits per heavy atom. The highest BCUT2D eigenvalue weighted by molar-refractivity contribution is 6.30. The molecule has 11 heteroatoms. The van der Waals surface area contributed by atoms with Crippen molar-refractivity contribution in [3.05, 3.63) is 64.7 Å². The summed E-state index contributed by atoms with van der Waals surface area (Å²) in [5, 5.41) is 1.85. The number of morpholine rings is 1. The Balaban J connectivity index is 1.63. The Labute approximate surface area is 179 Å². The zero-order valence-corrected chi connectivity index (χ0v) is 16.7. The summed E-state index contributed by atoms with van der Waals surface area (Å²) in [6.07, 6.45) is -9.18. The Kier molecular flexibility index (Phi) is 7.34. The second-order valence-corrected chi connectivity index (χ2v) is 7.27. The summed E-state index contributed by atoms with van der Waals surface area (Å²) in [4.78, 5) is 13.4. The van der Waals surface area contributed by atoms with Crippen LogP contribution in [0.3, 0.4) is 0 Å². The van der Waals surface area contributed by atoms with E-state index in [9.17, 15) is 26.7 Å². The predicted molar refractivity (Wildman–Crippen MR) is 103 cm³/mol. The number of halogens is 6. The molecule has 0 unspecified atom stereocenters. The largest absolute Gasteiger partial charge is 0.435 e. The van der Waals surface area contributed by atoms with Gasteiger partial charge in [0, 0.05) is 25.3 Å². The number of benzene rings is 2. The number of nitrogens with zero attached hydrogens (tertiary/aromatic N) is 1. The molecule has 0 saturated carbocycles. The number of carbonyl (C=O) groups is 1. The van der Waals surface area contributed by atoms with E-state index >= 15 is 0 Å². The number of carbonyl (C=O) groups excluding carboxylic acids is 1. The summed E-state index contributed by atoms with van der Waals surface area (Å²) < 4.78 is 77.1. The first-order valence-corrected chi connectivity index (χ1v) is 9.58. The SMILES string of the molecule is O=C(Nc1ccc(Cl)c(F)c1)O[C@@H](CN1CCO[C@H](c2ccc(F)cc2)C1)C(F)(F)F. The molecule has 0 aliphatic carbocycles. The first-order valence-electron chi connectivity index (χ1n) is 9.20. The minimum Gasteiger partial charge on any atom is -0.435 e. The lowest BCUT2D eigenvalue weighted by molar-refractivity contribution is -0.209. The molecule has 1 heterocycles. The van der Waals surface area contributed by atoms with E-state index < -0.39 is 42.7 Å². The van der Waals surface area contributed by atoms with E-state index in [0.29, 0.717) is 5.56 Å². The van der Waals surface area contributed by atoms with Crippen molar-refractivity contribution in [1.82, 2.24) is 4.90 Å². The predicted octanol–water partition coefficient (Wildman–Crippen LogP) is 5.17. The van der Waals surface area contributed by atoms with Gasteiger partial charge >= 0.3 is 12.3 Å². The van der Waals surface area contributed by atoms with Crippen molar-refractivity contribution < 1.29 is 36.2 Å². The quantitative estimate of drug-likeness (QED) is 0.620. The molecule has 1 aliphatic rings. The molecule has 5 nitrogen and oxygen atoms in total. The normalized spacial score (nSPS) is 18.5. The molecule has 2 atom stereocenters. The Morgan fingerprint density at radius 1 is 1.23 bits per heavy atom. The molecule has 0 bridgehead atoms. The van der Waals surface area contributed by atoms with Crippen molar-refractivity contribution in [2.45, 2.75) is 18.4 Å². The van der Waals surface area contributed by atoms with Gasteiger partial charge < -0.3 is 9.47 Å². The zero-order chi connectivity index (χ0) is 22.6. The van der Waals surface area contributed by atoms with Crippen molar-refractivity contribution >= 4 is 23.4 Å². The fourth-order valence-electron chi connectivity index (χ4n) is 3.04. The van der Waals surface area contributed by atoms with E-state index in [-0.39, 0.29) is 30.4 Å². The smallest absolute Gasteiger partial charge is 0.426 e. The standard InChI is InChI=1S/C20H18ClF5N2O3/c21-15-6-5-14(9-16(15)23)27-19(29)31-18(20(24,25)26)11-28-7-8-30-17(10-28)12-1-3-13(22)4-2-12/h1-6,9,17-18H,7-8,10-11H2,(H,27,29)/t17-,18-/m0/s1. The lowest BCUT2D eigenvalue weighted by Crippen LogP contribution is -2.48. The van der Waals surface area contributed by atoms with Gasteiger partial charge in [0.05, 0.1) is 17.7 Å². The number of hydrogen-bond donors (Lipinski definition) is 1. The fraction of sp³-hybridized carbons (Fsp3) is 0.350. The van der Waals surface area contributed by atoms with Crippen LogP contribution in [0.1, 0.15) is 11.7 Å². The van der Waals surface area contributed by atoms with Gasteiger partial charge in [0.15, 0.2) is 0 Å². The zero-order valence-electron chi connectivity index (χ0n) is 16.0. The van der Waals surface area contributed by atoms with E-state index in [1.165, 1.54) is 35.2 Å². The number of ether oxygens (including phenoxy) is 2. The monoisotopic (exact) mass is 464 g/mol.